The Kier molecular flexibility index (Phi) is 7.72. The van der Waals surface area contributed by atoms with Crippen LogP contribution in [0.15, 0.2) is 24.3 Å². The number of ether oxygens (including phenoxy) is 4. The molecule has 0 atom stereocenters. The number of amides is 1. The van der Waals surface area contributed by atoms with Gasteiger partial charge in [0, 0.05) is 37.8 Å². The number of nitrogens with zero attached hydrogens (tertiary/aromatic N) is 4. The second-order valence-electron chi connectivity index (χ2n) is 6.13. The third-order valence-corrected chi connectivity index (χ3v) is 4.64. The second kappa shape index (κ2) is 10.0. The number of aromatic nitrogens is 2. The van der Waals surface area contributed by atoms with E-state index in [0.717, 1.165) is 5.82 Å². The molecule has 0 N–H and O–H groups in total. The molecule has 2 aromatic rings. The number of halogens is 1. The van der Waals surface area contributed by atoms with Crippen molar-refractivity contribution < 1.29 is 23.7 Å². The Hall–Kier alpha value is -2.94. The third-order valence-electron chi connectivity index (χ3n) is 4.64. The van der Waals surface area contributed by atoms with Gasteiger partial charge in [-0.1, -0.05) is 0 Å². The number of hydrogen-bond acceptors (Lipinski definition) is 8. The van der Waals surface area contributed by atoms with Gasteiger partial charge < -0.3 is 28.7 Å². The summed E-state index contributed by atoms with van der Waals surface area (Å²) in [5.74, 6) is 2.53. The third kappa shape index (κ3) is 4.73. The summed E-state index contributed by atoms with van der Waals surface area (Å²) in [5.41, 5.74) is 0.493. The summed E-state index contributed by atoms with van der Waals surface area (Å²) in [6.45, 7) is 2.47. The molecule has 0 spiro atoms. The van der Waals surface area contributed by atoms with E-state index in [2.05, 4.69) is 15.1 Å². The Morgan fingerprint density at radius 1 is 0.862 bits per heavy atom. The van der Waals surface area contributed by atoms with Crippen LogP contribution in [0, 0.1) is 0 Å². The smallest absolute Gasteiger partial charge is 0.254 e. The fraction of sp³-hybridized carbons (Fsp3) is 0.421. The summed E-state index contributed by atoms with van der Waals surface area (Å²) in [6.07, 6.45) is 0. The number of carbonyl (C=O) groups is 1. The zero-order valence-corrected chi connectivity index (χ0v) is 17.7. The minimum atomic E-state index is -0.0836. The van der Waals surface area contributed by atoms with Gasteiger partial charge in [-0.05, 0) is 18.2 Å². The molecule has 29 heavy (non-hydrogen) atoms. The van der Waals surface area contributed by atoms with Crippen LogP contribution < -0.4 is 23.8 Å². The Balaban J connectivity index is 0.00000300. The lowest BCUT2D eigenvalue weighted by molar-refractivity contribution is 0.0745. The summed E-state index contributed by atoms with van der Waals surface area (Å²) in [4.78, 5) is 16.9. The summed E-state index contributed by atoms with van der Waals surface area (Å²) < 4.78 is 21.0. The molecule has 9 nitrogen and oxygen atoms in total. The minimum Gasteiger partial charge on any atom is -0.493 e. The first kappa shape index (κ1) is 22.4. The second-order valence-corrected chi connectivity index (χ2v) is 6.13. The molecule has 1 fully saturated rings. The molecule has 0 unspecified atom stereocenters. The van der Waals surface area contributed by atoms with E-state index in [4.69, 9.17) is 18.9 Å². The van der Waals surface area contributed by atoms with Crippen molar-refractivity contribution >= 4 is 24.1 Å². The molecule has 1 amide bonds. The molecule has 158 valence electrons. The summed E-state index contributed by atoms with van der Waals surface area (Å²) in [7, 11) is 6.14. The fourth-order valence-corrected chi connectivity index (χ4v) is 3.12. The molecule has 1 aliphatic heterocycles. The highest BCUT2D eigenvalue weighted by molar-refractivity contribution is 5.95. The van der Waals surface area contributed by atoms with E-state index in [-0.39, 0.29) is 18.3 Å². The van der Waals surface area contributed by atoms with Crippen LogP contribution in [0.1, 0.15) is 10.4 Å². The van der Waals surface area contributed by atoms with Gasteiger partial charge in [0.15, 0.2) is 17.3 Å². The van der Waals surface area contributed by atoms with Crippen LogP contribution in [0.2, 0.25) is 0 Å². The summed E-state index contributed by atoms with van der Waals surface area (Å²) in [5, 5.41) is 8.16. The van der Waals surface area contributed by atoms with E-state index in [0.29, 0.717) is 54.9 Å². The van der Waals surface area contributed by atoms with Crippen LogP contribution in [0.5, 0.6) is 23.1 Å². The lowest BCUT2D eigenvalue weighted by atomic mass is 10.1. The molecule has 0 aliphatic carbocycles. The predicted molar refractivity (Wildman–Crippen MR) is 110 cm³/mol. The van der Waals surface area contributed by atoms with Gasteiger partial charge >= 0.3 is 0 Å². The van der Waals surface area contributed by atoms with Gasteiger partial charge in [-0.2, -0.15) is 0 Å². The first-order chi connectivity index (χ1) is 13.6. The van der Waals surface area contributed by atoms with Gasteiger partial charge in [0.2, 0.25) is 11.6 Å². The Bertz CT molecular complexity index is 801. The number of benzene rings is 1. The number of carbonyl (C=O) groups excluding carboxylic acids is 1. The van der Waals surface area contributed by atoms with E-state index in [1.54, 1.807) is 30.2 Å². The number of hydrogen-bond donors (Lipinski definition) is 0. The topological polar surface area (TPSA) is 86.3 Å². The summed E-state index contributed by atoms with van der Waals surface area (Å²) in [6, 6.07) is 6.98. The van der Waals surface area contributed by atoms with Gasteiger partial charge in [-0.25, -0.2) is 0 Å². The normalized spacial score (nSPS) is 13.4. The minimum absolute atomic E-state index is 0. The maximum Gasteiger partial charge on any atom is 0.254 e. The van der Waals surface area contributed by atoms with Crippen molar-refractivity contribution in [1.82, 2.24) is 15.1 Å². The average Bonchev–Trinajstić information content (AvgIpc) is 2.77. The molecule has 1 saturated heterocycles. The van der Waals surface area contributed by atoms with E-state index in [1.165, 1.54) is 21.3 Å². The van der Waals surface area contributed by atoms with Crippen molar-refractivity contribution in [3.8, 4) is 23.1 Å². The van der Waals surface area contributed by atoms with E-state index in [1.807, 2.05) is 6.07 Å². The zero-order chi connectivity index (χ0) is 20.1. The molecule has 2 heterocycles. The van der Waals surface area contributed by atoms with Crippen molar-refractivity contribution in [3.63, 3.8) is 0 Å². The lowest BCUT2D eigenvalue weighted by Crippen LogP contribution is -2.49. The van der Waals surface area contributed by atoms with E-state index in [9.17, 15) is 4.79 Å². The molecule has 10 heteroatoms. The SMILES string of the molecule is COc1ccc(N2CCN(C(=O)c3cc(OC)c(OC)c(OC)c3)CC2)nn1.Cl. The van der Waals surface area contributed by atoms with Gasteiger partial charge in [0.25, 0.3) is 5.91 Å². The molecule has 3 rings (SSSR count). The van der Waals surface area contributed by atoms with Gasteiger partial charge in [-0.15, -0.1) is 22.6 Å². The first-order valence-corrected chi connectivity index (χ1v) is 8.83. The Labute approximate surface area is 175 Å². The van der Waals surface area contributed by atoms with Crippen molar-refractivity contribution in [2.24, 2.45) is 0 Å². The highest BCUT2D eigenvalue weighted by Gasteiger charge is 2.25. The van der Waals surface area contributed by atoms with E-state index >= 15 is 0 Å². The molecule has 1 aromatic heterocycles. The molecule has 1 aliphatic rings. The molecule has 0 saturated carbocycles. The first-order valence-electron chi connectivity index (χ1n) is 8.83. The molecular formula is C19H25ClN4O5. The largest absolute Gasteiger partial charge is 0.493 e. The van der Waals surface area contributed by atoms with Gasteiger partial charge in [0.1, 0.15) is 0 Å². The zero-order valence-electron chi connectivity index (χ0n) is 16.9. The van der Waals surface area contributed by atoms with Crippen LogP contribution in [0.3, 0.4) is 0 Å². The molecule has 0 radical (unpaired) electrons. The number of methoxy groups -OCH3 is 4. The molecule has 1 aromatic carbocycles. The van der Waals surface area contributed by atoms with Crippen LogP contribution in [0.25, 0.3) is 0 Å². The van der Waals surface area contributed by atoms with Crippen LogP contribution in [0.4, 0.5) is 5.82 Å². The monoisotopic (exact) mass is 424 g/mol. The Morgan fingerprint density at radius 2 is 1.48 bits per heavy atom. The van der Waals surface area contributed by atoms with Crippen molar-refractivity contribution in [3.05, 3.63) is 29.8 Å². The number of piperazine rings is 1. The van der Waals surface area contributed by atoms with Crippen LogP contribution in [-0.4, -0.2) is 75.6 Å². The molecular weight excluding hydrogens is 400 g/mol. The van der Waals surface area contributed by atoms with Crippen LogP contribution >= 0.6 is 12.4 Å². The van der Waals surface area contributed by atoms with E-state index < -0.39 is 0 Å². The maximum atomic E-state index is 13.0. The van der Waals surface area contributed by atoms with Crippen molar-refractivity contribution in [1.29, 1.82) is 0 Å². The average molecular weight is 425 g/mol. The maximum absolute atomic E-state index is 13.0. The lowest BCUT2D eigenvalue weighted by Gasteiger charge is -2.35. The van der Waals surface area contributed by atoms with Gasteiger partial charge in [-0.3, -0.25) is 4.79 Å². The summed E-state index contributed by atoms with van der Waals surface area (Å²) >= 11 is 0. The fourth-order valence-electron chi connectivity index (χ4n) is 3.12. The standard InChI is InChI=1S/C19H24N4O5.ClH/c1-25-14-11-13(12-15(26-2)18(14)28-4)19(24)23-9-7-22(8-10-23)16-5-6-17(27-3)21-20-16;/h5-6,11-12H,7-10H2,1-4H3;1H. The van der Waals surface area contributed by atoms with Crippen molar-refractivity contribution in [2.75, 3.05) is 59.5 Å². The molecule has 0 bridgehead atoms. The Morgan fingerprint density at radius 3 is 1.93 bits per heavy atom. The predicted octanol–water partition coefficient (Wildman–Crippen LogP) is 1.90. The number of anilines is 1. The van der Waals surface area contributed by atoms with Crippen molar-refractivity contribution in [2.45, 2.75) is 0 Å². The van der Waals surface area contributed by atoms with Crippen LogP contribution in [-0.2, 0) is 0 Å². The number of rotatable bonds is 6. The quantitative estimate of drug-likeness (QED) is 0.695. The highest BCUT2D eigenvalue weighted by Crippen LogP contribution is 2.38. The van der Waals surface area contributed by atoms with Gasteiger partial charge in [0.05, 0.1) is 28.4 Å². The highest BCUT2D eigenvalue weighted by atomic mass is 35.5.